The Morgan fingerprint density at radius 2 is 1.74 bits per heavy atom. The maximum atomic E-state index is 13.5. The molecule has 7 nitrogen and oxygen atoms in total. The third-order valence-electron chi connectivity index (χ3n) is 6.25. The highest BCUT2D eigenvalue weighted by Crippen LogP contribution is 2.42. The second kappa shape index (κ2) is 6.91. The van der Waals surface area contributed by atoms with Crippen LogP contribution in [0.5, 0.6) is 11.8 Å². The second-order valence-electron chi connectivity index (χ2n) is 7.89. The van der Waals surface area contributed by atoms with E-state index < -0.39 is 11.8 Å². The number of ketones is 1. The Morgan fingerprint density at radius 3 is 2.42 bits per heavy atom. The molecule has 0 saturated carbocycles. The van der Waals surface area contributed by atoms with Gasteiger partial charge >= 0.3 is 17.4 Å². The van der Waals surface area contributed by atoms with Crippen molar-refractivity contribution in [2.24, 2.45) is 20.0 Å². The molecule has 0 radical (unpaired) electrons. The summed E-state index contributed by atoms with van der Waals surface area (Å²) >= 11 is 0. The van der Waals surface area contributed by atoms with E-state index in [0.29, 0.717) is 23.6 Å². The highest BCUT2D eigenvalue weighted by atomic mass is 16.5. The monoisotopic (exact) mass is 417 g/mol. The fourth-order valence-electron chi connectivity index (χ4n) is 4.76. The van der Waals surface area contributed by atoms with Crippen LogP contribution in [0.4, 0.5) is 5.82 Å². The number of hydrogen-bond donors (Lipinski definition) is 2. The number of carbonyl (C=O) groups excluding carboxylic acids is 1. The summed E-state index contributed by atoms with van der Waals surface area (Å²) in [6.45, 7) is 2.47. The first-order valence-electron chi connectivity index (χ1n) is 10.3. The molecule has 2 atom stereocenters. The molecule has 1 aromatic heterocycles. The minimum atomic E-state index is -0.542. The van der Waals surface area contributed by atoms with Gasteiger partial charge in [-0.15, -0.1) is 9.13 Å². The Kier molecular flexibility index (Phi) is 4.28. The van der Waals surface area contributed by atoms with E-state index in [0.717, 1.165) is 22.6 Å². The minimum absolute atomic E-state index is 0.0135. The van der Waals surface area contributed by atoms with E-state index in [1.54, 1.807) is 11.6 Å². The molecule has 1 aliphatic carbocycles. The number of hydrogen-bond acceptors (Lipinski definition) is 4. The second-order valence-corrected chi connectivity index (χ2v) is 7.89. The minimum Gasteiger partial charge on any atom is -0.494 e. The third-order valence-corrected chi connectivity index (χ3v) is 6.25. The Hall–Kier alpha value is -3.74. The highest BCUT2D eigenvalue weighted by Gasteiger charge is 2.52. The molecule has 2 aliphatic rings. The quantitative estimate of drug-likeness (QED) is 0.607. The molecule has 0 fully saturated rings. The summed E-state index contributed by atoms with van der Waals surface area (Å²) in [7, 11) is 3.22. The molecule has 1 aliphatic heterocycles. The number of aromatic nitrogens is 2. The van der Waals surface area contributed by atoms with Gasteiger partial charge in [-0.2, -0.15) is 0 Å². The normalized spacial score (nSPS) is 18.8. The predicted octanol–water partition coefficient (Wildman–Crippen LogP) is 0.474. The predicted molar refractivity (Wildman–Crippen MR) is 113 cm³/mol. The SMILES string of the molecule is CCOc1ccc(C2c3c([n+](C)c(O)n(C)c3=O)[NH+]=C3c4ccccc4C(=O)C32)cc1. The van der Waals surface area contributed by atoms with Crippen molar-refractivity contribution in [2.45, 2.75) is 12.8 Å². The van der Waals surface area contributed by atoms with Crippen molar-refractivity contribution in [1.29, 1.82) is 0 Å². The Bertz CT molecular complexity index is 1320. The molecule has 2 aromatic carbocycles. The molecule has 2 N–H and O–H groups in total. The van der Waals surface area contributed by atoms with Crippen molar-refractivity contribution in [3.05, 3.63) is 81.1 Å². The van der Waals surface area contributed by atoms with Gasteiger partial charge in [0.15, 0.2) is 11.3 Å². The Balaban J connectivity index is 1.81. The Labute approximate surface area is 178 Å². The van der Waals surface area contributed by atoms with Crippen LogP contribution in [0.2, 0.25) is 0 Å². The van der Waals surface area contributed by atoms with Crippen molar-refractivity contribution < 1.29 is 24.2 Å². The number of carbonyl (C=O) groups is 1. The van der Waals surface area contributed by atoms with Gasteiger partial charge in [0.25, 0.3) is 0 Å². The molecule has 0 amide bonds. The van der Waals surface area contributed by atoms with E-state index >= 15 is 0 Å². The summed E-state index contributed by atoms with van der Waals surface area (Å²) in [4.78, 5) is 30.1. The number of aromatic hydroxyl groups is 1. The maximum absolute atomic E-state index is 13.5. The van der Waals surface area contributed by atoms with Crippen molar-refractivity contribution >= 4 is 17.3 Å². The molecule has 5 rings (SSSR count). The molecule has 0 spiro atoms. The summed E-state index contributed by atoms with van der Waals surface area (Å²) < 4.78 is 8.32. The van der Waals surface area contributed by atoms with Crippen LogP contribution in [0, 0.1) is 5.92 Å². The molecule has 0 bridgehead atoms. The Morgan fingerprint density at radius 1 is 1.06 bits per heavy atom. The summed E-state index contributed by atoms with van der Waals surface area (Å²) in [5.74, 6) is 0.179. The molecule has 7 heteroatoms. The maximum Gasteiger partial charge on any atom is 0.519 e. The highest BCUT2D eigenvalue weighted by molar-refractivity contribution is 6.27. The lowest BCUT2D eigenvalue weighted by atomic mass is 9.76. The van der Waals surface area contributed by atoms with Gasteiger partial charge in [-0.05, 0) is 30.7 Å². The average Bonchev–Trinajstić information content (AvgIpc) is 3.08. The van der Waals surface area contributed by atoms with E-state index in [9.17, 15) is 14.7 Å². The van der Waals surface area contributed by atoms with Crippen LogP contribution in [-0.4, -0.2) is 27.8 Å². The summed E-state index contributed by atoms with van der Waals surface area (Å²) in [5, 5.41) is 10.5. The number of fused-ring (bicyclic) bond motifs is 4. The van der Waals surface area contributed by atoms with Crippen LogP contribution < -0.4 is 19.9 Å². The lowest BCUT2D eigenvalue weighted by Crippen LogP contribution is -2.77. The number of nitrogens with zero attached hydrogens (tertiary/aromatic N) is 2. The largest absolute Gasteiger partial charge is 0.519 e. The zero-order valence-electron chi connectivity index (χ0n) is 17.5. The van der Waals surface area contributed by atoms with Gasteiger partial charge in [0.05, 0.1) is 6.61 Å². The van der Waals surface area contributed by atoms with Crippen molar-refractivity contribution in [1.82, 2.24) is 4.57 Å². The van der Waals surface area contributed by atoms with Gasteiger partial charge in [-0.25, -0.2) is 9.79 Å². The smallest absolute Gasteiger partial charge is 0.494 e. The van der Waals surface area contributed by atoms with Gasteiger partial charge in [0.2, 0.25) is 0 Å². The molecule has 3 aromatic rings. The molecule has 0 saturated heterocycles. The van der Waals surface area contributed by atoms with E-state index in [-0.39, 0.29) is 17.4 Å². The summed E-state index contributed by atoms with van der Waals surface area (Å²) in [5.41, 5.74) is 3.20. The van der Waals surface area contributed by atoms with Gasteiger partial charge in [-0.3, -0.25) is 4.79 Å². The molecule has 2 unspecified atom stereocenters. The fourth-order valence-corrected chi connectivity index (χ4v) is 4.76. The van der Waals surface area contributed by atoms with Crippen LogP contribution in [0.25, 0.3) is 0 Å². The first-order valence-corrected chi connectivity index (χ1v) is 10.3. The first-order chi connectivity index (χ1) is 14.9. The van der Waals surface area contributed by atoms with Crippen LogP contribution in [0.3, 0.4) is 0 Å². The lowest BCUT2D eigenvalue weighted by Gasteiger charge is -2.25. The third kappa shape index (κ3) is 2.66. The number of ether oxygens (including phenoxy) is 1. The molecule has 31 heavy (non-hydrogen) atoms. The topological polar surface area (TPSA) is 86.4 Å². The lowest BCUT2D eigenvalue weighted by molar-refractivity contribution is -0.724. The van der Waals surface area contributed by atoms with E-state index in [1.165, 1.54) is 11.6 Å². The van der Waals surface area contributed by atoms with Gasteiger partial charge in [-0.1, -0.05) is 30.3 Å². The summed E-state index contributed by atoms with van der Waals surface area (Å²) in [6.07, 6.45) is 0. The van der Waals surface area contributed by atoms with E-state index in [2.05, 4.69) is 4.99 Å². The number of Topliss-reactive ketones (excluding diaryl/α,β-unsaturated/α-hetero) is 1. The van der Waals surface area contributed by atoms with Gasteiger partial charge in [0, 0.05) is 17.0 Å². The zero-order valence-corrected chi connectivity index (χ0v) is 17.5. The number of benzene rings is 2. The van der Waals surface area contributed by atoms with Crippen LogP contribution >= 0.6 is 0 Å². The van der Waals surface area contributed by atoms with Crippen LogP contribution in [-0.2, 0) is 14.1 Å². The molecule has 156 valence electrons. The van der Waals surface area contributed by atoms with Crippen molar-refractivity contribution in [3.63, 3.8) is 0 Å². The molecular weight excluding hydrogens is 394 g/mol. The van der Waals surface area contributed by atoms with Gasteiger partial charge < -0.3 is 9.84 Å². The molecular formula is C24H23N3O4+2. The molecule has 2 heterocycles. The number of nitrogens with one attached hydrogen (secondary N) is 1. The van der Waals surface area contributed by atoms with E-state index in [4.69, 9.17) is 4.74 Å². The van der Waals surface area contributed by atoms with Crippen molar-refractivity contribution in [3.8, 4) is 11.8 Å². The standard InChI is InChI=1S/C24H21N3O4/c1-4-31-14-11-9-13(10-12-14)17-18-20(15-7-5-6-8-16(15)21(18)28)25-22-19(17)23(29)27(3)24(30)26(22)2/h5-12,17-18H,4H2,1-3H3/p+2. The number of rotatable bonds is 3. The fraction of sp³-hybridized carbons (Fsp3) is 0.250. The summed E-state index contributed by atoms with van der Waals surface area (Å²) in [6, 6.07) is 14.8. The van der Waals surface area contributed by atoms with Crippen LogP contribution in [0.1, 0.15) is 39.9 Å². The zero-order chi connectivity index (χ0) is 21.9. The van der Waals surface area contributed by atoms with Gasteiger partial charge in [0.1, 0.15) is 31.5 Å². The van der Waals surface area contributed by atoms with Crippen LogP contribution in [0.15, 0.2) is 53.3 Å². The van der Waals surface area contributed by atoms with E-state index in [1.807, 2.05) is 55.5 Å². The van der Waals surface area contributed by atoms with Crippen molar-refractivity contribution in [2.75, 3.05) is 6.61 Å². The average molecular weight is 417 g/mol. The first kappa shape index (κ1) is 19.2.